The van der Waals surface area contributed by atoms with Crippen LogP contribution in [0.4, 0.5) is 10.1 Å². The number of nitrogens with zero attached hydrogens (tertiary/aromatic N) is 1. The fourth-order valence-electron chi connectivity index (χ4n) is 1.16. The number of nitro benzene ring substituents is 1. The lowest BCUT2D eigenvalue weighted by Gasteiger charge is -2.14. The summed E-state index contributed by atoms with van der Waals surface area (Å²) in [6.45, 7) is 1.46. The smallest absolute Gasteiger partial charge is 0.305 e. The number of nitrogens with two attached hydrogens (primary N) is 1. The maximum atomic E-state index is 12.9. The van der Waals surface area contributed by atoms with Crippen LogP contribution >= 0.6 is 0 Å². The molecule has 1 rings (SSSR count). The zero-order chi connectivity index (χ0) is 11.6. The number of aliphatic hydroxyl groups is 1. The molecule has 0 saturated heterocycles. The summed E-state index contributed by atoms with van der Waals surface area (Å²) < 4.78 is 12.9. The summed E-state index contributed by atoms with van der Waals surface area (Å²) in [6.07, 6.45) is -0.852. The molecule has 0 amide bonds. The Morgan fingerprint density at radius 3 is 2.67 bits per heavy atom. The third-order valence-electron chi connectivity index (χ3n) is 2.07. The van der Waals surface area contributed by atoms with Crippen molar-refractivity contribution in [3.05, 3.63) is 39.7 Å². The highest BCUT2D eigenvalue weighted by Crippen LogP contribution is 2.23. The second-order valence-electron chi connectivity index (χ2n) is 3.23. The van der Waals surface area contributed by atoms with E-state index in [-0.39, 0.29) is 0 Å². The van der Waals surface area contributed by atoms with Gasteiger partial charge in [0.15, 0.2) is 0 Å². The summed E-state index contributed by atoms with van der Waals surface area (Å²) in [5.74, 6) is -0.915. The van der Waals surface area contributed by atoms with Crippen LogP contribution in [-0.2, 0) is 0 Å². The minimum Gasteiger partial charge on any atom is -0.391 e. The highest BCUT2D eigenvalue weighted by atomic mass is 19.1. The summed E-state index contributed by atoms with van der Waals surface area (Å²) in [6, 6.07) is 2.56. The van der Waals surface area contributed by atoms with Gasteiger partial charge in [0.25, 0.3) is 0 Å². The van der Waals surface area contributed by atoms with E-state index in [9.17, 15) is 19.6 Å². The standard InChI is InChI=1S/C9H11FN2O3/c1-5(13)9(11)6-2-3-7(10)8(4-6)12(14)15/h2-5,9,13H,11H2,1H3/t5-,9-/m0/s1. The van der Waals surface area contributed by atoms with Crippen molar-refractivity contribution in [3.8, 4) is 0 Å². The van der Waals surface area contributed by atoms with Crippen LogP contribution in [0.3, 0.4) is 0 Å². The summed E-state index contributed by atoms with van der Waals surface area (Å²) in [7, 11) is 0. The predicted octanol–water partition coefficient (Wildman–Crippen LogP) is 1.11. The fourth-order valence-corrected chi connectivity index (χ4v) is 1.16. The van der Waals surface area contributed by atoms with E-state index in [1.54, 1.807) is 0 Å². The largest absolute Gasteiger partial charge is 0.391 e. The van der Waals surface area contributed by atoms with Crippen LogP contribution in [-0.4, -0.2) is 16.1 Å². The zero-order valence-electron chi connectivity index (χ0n) is 8.05. The molecule has 0 aromatic heterocycles. The lowest BCUT2D eigenvalue weighted by molar-refractivity contribution is -0.387. The third-order valence-corrected chi connectivity index (χ3v) is 2.07. The van der Waals surface area contributed by atoms with Crippen molar-refractivity contribution in [2.75, 3.05) is 0 Å². The van der Waals surface area contributed by atoms with Crippen molar-refractivity contribution in [2.24, 2.45) is 5.73 Å². The van der Waals surface area contributed by atoms with E-state index in [1.807, 2.05) is 0 Å². The first kappa shape index (κ1) is 11.5. The molecule has 0 unspecified atom stereocenters. The Bertz CT molecular complexity index is 382. The van der Waals surface area contributed by atoms with Crippen LogP contribution in [0.25, 0.3) is 0 Å². The van der Waals surface area contributed by atoms with E-state index in [4.69, 9.17) is 5.73 Å². The molecule has 0 fully saturated rings. The normalized spacial score (nSPS) is 14.7. The quantitative estimate of drug-likeness (QED) is 0.582. The van der Waals surface area contributed by atoms with Crippen molar-refractivity contribution in [1.82, 2.24) is 0 Å². The van der Waals surface area contributed by atoms with E-state index < -0.39 is 28.6 Å². The van der Waals surface area contributed by atoms with Gasteiger partial charge in [-0.2, -0.15) is 4.39 Å². The molecule has 0 radical (unpaired) electrons. The maximum absolute atomic E-state index is 12.9. The zero-order valence-corrected chi connectivity index (χ0v) is 8.05. The molecule has 6 heteroatoms. The Kier molecular flexibility index (Phi) is 3.33. The SMILES string of the molecule is C[C@H](O)[C@H](N)c1ccc(F)c([N+](=O)[O-])c1. The first-order valence-corrected chi connectivity index (χ1v) is 4.31. The summed E-state index contributed by atoms with van der Waals surface area (Å²) in [5, 5.41) is 19.6. The minimum absolute atomic E-state index is 0.332. The second kappa shape index (κ2) is 4.33. The average molecular weight is 214 g/mol. The van der Waals surface area contributed by atoms with Crippen LogP contribution in [0.5, 0.6) is 0 Å². The Balaban J connectivity index is 3.13. The summed E-state index contributed by atoms with van der Waals surface area (Å²) in [4.78, 5) is 9.60. The molecule has 15 heavy (non-hydrogen) atoms. The molecule has 82 valence electrons. The van der Waals surface area contributed by atoms with Crippen molar-refractivity contribution in [1.29, 1.82) is 0 Å². The Morgan fingerprint density at radius 2 is 2.20 bits per heavy atom. The van der Waals surface area contributed by atoms with Gasteiger partial charge in [-0.1, -0.05) is 6.07 Å². The van der Waals surface area contributed by atoms with Gasteiger partial charge in [0.05, 0.1) is 17.1 Å². The molecule has 1 aromatic rings. The van der Waals surface area contributed by atoms with Gasteiger partial charge in [-0.15, -0.1) is 0 Å². The van der Waals surface area contributed by atoms with Gasteiger partial charge in [-0.3, -0.25) is 10.1 Å². The molecule has 3 N–H and O–H groups in total. The van der Waals surface area contributed by atoms with Crippen LogP contribution in [0, 0.1) is 15.9 Å². The van der Waals surface area contributed by atoms with Crippen molar-refractivity contribution in [2.45, 2.75) is 19.1 Å². The molecule has 1 aromatic carbocycles. The van der Waals surface area contributed by atoms with E-state index >= 15 is 0 Å². The Hall–Kier alpha value is -1.53. The molecule has 0 aliphatic carbocycles. The summed E-state index contributed by atoms with van der Waals surface area (Å²) in [5.41, 5.74) is 5.26. The number of benzene rings is 1. The van der Waals surface area contributed by atoms with Gasteiger partial charge >= 0.3 is 5.69 Å². The molecule has 0 aliphatic heterocycles. The molecule has 0 bridgehead atoms. The number of nitro groups is 1. The van der Waals surface area contributed by atoms with Crippen LogP contribution in [0.1, 0.15) is 18.5 Å². The number of rotatable bonds is 3. The highest BCUT2D eigenvalue weighted by Gasteiger charge is 2.19. The van der Waals surface area contributed by atoms with Crippen LogP contribution in [0.2, 0.25) is 0 Å². The van der Waals surface area contributed by atoms with Gasteiger partial charge in [0.1, 0.15) is 0 Å². The first-order valence-electron chi connectivity index (χ1n) is 4.31. The van der Waals surface area contributed by atoms with Gasteiger partial charge in [-0.25, -0.2) is 0 Å². The lowest BCUT2D eigenvalue weighted by Crippen LogP contribution is -2.23. The molecule has 0 aliphatic rings. The minimum atomic E-state index is -0.915. The second-order valence-corrected chi connectivity index (χ2v) is 3.23. The molecule has 0 spiro atoms. The van der Waals surface area contributed by atoms with Gasteiger partial charge in [0, 0.05) is 6.07 Å². The van der Waals surface area contributed by atoms with Crippen LogP contribution in [0.15, 0.2) is 18.2 Å². The number of hydrogen-bond acceptors (Lipinski definition) is 4. The first-order chi connectivity index (χ1) is 6.93. The van der Waals surface area contributed by atoms with E-state index in [0.717, 1.165) is 12.1 Å². The molecule has 2 atom stereocenters. The number of halogens is 1. The average Bonchev–Trinajstić information content (AvgIpc) is 2.16. The fraction of sp³-hybridized carbons (Fsp3) is 0.333. The van der Waals surface area contributed by atoms with Gasteiger partial charge < -0.3 is 10.8 Å². The number of hydrogen-bond donors (Lipinski definition) is 2. The van der Waals surface area contributed by atoms with Crippen LogP contribution < -0.4 is 5.73 Å². The van der Waals surface area contributed by atoms with E-state index in [2.05, 4.69) is 0 Å². The lowest BCUT2D eigenvalue weighted by atomic mass is 10.0. The summed E-state index contributed by atoms with van der Waals surface area (Å²) >= 11 is 0. The Morgan fingerprint density at radius 1 is 1.60 bits per heavy atom. The predicted molar refractivity (Wildman–Crippen MR) is 51.7 cm³/mol. The maximum Gasteiger partial charge on any atom is 0.305 e. The third kappa shape index (κ3) is 2.48. The van der Waals surface area contributed by atoms with Gasteiger partial charge in [0.2, 0.25) is 5.82 Å². The number of aliphatic hydroxyl groups excluding tert-OH is 1. The topological polar surface area (TPSA) is 89.4 Å². The van der Waals surface area contributed by atoms with Crippen molar-refractivity contribution in [3.63, 3.8) is 0 Å². The molecular formula is C9H11FN2O3. The van der Waals surface area contributed by atoms with Gasteiger partial charge in [-0.05, 0) is 18.6 Å². The monoisotopic (exact) mass is 214 g/mol. The molecule has 0 heterocycles. The highest BCUT2D eigenvalue weighted by molar-refractivity contribution is 5.37. The van der Waals surface area contributed by atoms with Crippen molar-refractivity contribution >= 4 is 5.69 Å². The van der Waals surface area contributed by atoms with E-state index in [1.165, 1.54) is 13.0 Å². The Labute approximate surface area is 85.5 Å². The molecule has 0 saturated carbocycles. The van der Waals surface area contributed by atoms with Crippen molar-refractivity contribution < 1.29 is 14.4 Å². The molecule has 5 nitrogen and oxygen atoms in total. The van der Waals surface area contributed by atoms with E-state index in [0.29, 0.717) is 5.56 Å². The molecular weight excluding hydrogens is 203 g/mol.